The molecule has 0 aromatic carbocycles. The molecule has 0 aliphatic rings. The predicted molar refractivity (Wildman–Crippen MR) is 72.8 cm³/mol. The molecule has 0 radical (unpaired) electrons. The molecule has 16 heavy (non-hydrogen) atoms. The molecule has 0 amide bonds. The standard InChI is InChI=1S/C13H31N3/c1-6-9-16(11-10-15(4)5)12-13(14,7-2)8-3/h6-12,14H2,1-5H3. The van der Waals surface area contributed by atoms with Crippen molar-refractivity contribution < 1.29 is 0 Å². The Morgan fingerprint density at radius 1 is 0.938 bits per heavy atom. The van der Waals surface area contributed by atoms with E-state index in [0.717, 1.165) is 39.0 Å². The van der Waals surface area contributed by atoms with E-state index in [4.69, 9.17) is 5.73 Å². The number of nitrogens with two attached hydrogens (primary N) is 1. The van der Waals surface area contributed by atoms with Crippen molar-refractivity contribution in [2.24, 2.45) is 5.73 Å². The Bertz CT molecular complexity index is 165. The molecule has 0 saturated carbocycles. The quantitative estimate of drug-likeness (QED) is 0.654. The van der Waals surface area contributed by atoms with Gasteiger partial charge in [-0.3, -0.25) is 0 Å². The number of hydrogen-bond acceptors (Lipinski definition) is 3. The van der Waals surface area contributed by atoms with Gasteiger partial charge in [-0.2, -0.15) is 0 Å². The molecule has 0 atom stereocenters. The van der Waals surface area contributed by atoms with Gasteiger partial charge >= 0.3 is 0 Å². The van der Waals surface area contributed by atoms with Crippen molar-refractivity contribution in [1.29, 1.82) is 0 Å². The first-order valence-corrected chi connectivity index (χ1v) is 6.63. The van der Waals surface area contributed by atoms with Gasteiger partial charge in [0, 0.05) is 25.2 Å². The molecular weight excluding hydrogens is 198 g/mol. The molecule has 0 aromatic heterocycles. The van der Waals surface area contributed by atoms with Crippen LogP contribution in [-0.4, -0.2) is 55.6 Å². The number of rotatable bonds is 9. The summed E-state index contributed by atoms with van der Waals surface area (Å²) < 4.78 is 0. The minimum Gasteiger partial charge on any atom is -0.324 e. The SMILES string of the molecule is CCCN(CCN(C)C)CC(N)(CC)CC. The smallest absolute Gasteiger partial charge is 0.0278 e. The Labute approximate surface area is 102 Å². The van der Waals surface area contributed by atoms with E-state index in [1.54, 1.807) is 0 Å². The highest BCUT2D eigenvalue weighted by Crippen LogP contribution is 2.13. The van der Waals surface area contributed by atoms with Crippen LogP contribution in [0.4, 0.5) is 0 Å². The summed E-state index contributed by atoms with van der Waals surface area (Å²) in [5.74, 6) is 0. The van der Waals surface area contributed by atoms with Crippen molar-refractivity contribution >= 4 is 0 Å². The number of hydrogen-bond donors (Lipinski definition) is 1. The van der Waals surface area contributed by atoms with Gasteiger partial charge in [0.05, 0.1) is 0 Å². The first-order chi connectivity index (χ1) is 7.47. The van der Waals surface area contributed by atoms with Crippen molar-refractivity contribution in [1.82, 2.24) is 9.80 Å². The molecule has 2 N–H and O–H groups in total. The van der Waals surface area contributed by atoms with Crippen LogP contribution in [0.2, 0.25) is 0 Å². The highest BCUT2D eigenvalue weighted by molar-refractivity contribution is 4.85. The predicted octanol–water partition coefficient (Wildman–Crippen LogP) is 1.78. The molecule has 0 rings (SSSR count). The summed E-state index contributed by atoms with van der Waals surface area (Å²) in [5, 5.41) is 0. The maximum Gasteiger partial charge on any atom is 0.0278 e. The van der Waals surface area contributed by atoms with Crippen LogP contribution >= 0.6 is 0 Å². The van der Waals surface area contributed by atoms with Crippen LogP contribution in [0.5, 0.6) is 0 Å². The van der Waals surface area contributed by atoms with Gasteiger partial charge in [0.1, 0.15) is 0 Å². The van der Waals surface area contributed by atoms with Gasteiger partial charge in [-0.15, -0.1) is 0 Å². The van der Waals surface area contributed by atoms with E-state index >= 15 is 0 Å². The molecule has 0 unspecified atom stereocenters. The fourth-order valence-corrected chi connectivity index (χ4v) is 1.85. The Hall–Kier alpha value is -0.120. The molecule has 0 spiro atoms. The molecule has 0 heterocycles. The zero-order valence-electron chi connectivity index (χ0n) is 11.9. The van der Waals surface area contributed by atoms with E-state index in [1.807, 2.05) is 0 Å². The Morgan fingerprint density at radius 2 is 1.50 bits per heavy atom. The second-order valence-electron chi connectivity index (χ2n) is 5.15. The van der Waals surface area contributed by atoms with Crippen LogP contribution < -0.4 is 5.73 Å². The highest BCUT2D eigenvalue weighted by atomic mass is 15.2. The van der Waals surface area contributed by atoms with Gasteiger partial charge in [-0.05, 0) is 39.9 Å². The van der Waals surface area contributed by atoms with E-state index in [1.165, 1.54) is 6.42 Å². The van der Waals surface area contributed by atoms with Crippen LogP contribution in [0.1, 0.15) is 40.0 Å². The summed E-state index contributed by atoms with van der Waals surface area (Å²) in [6, 6.07) is 0. The summed E-state index contributed by atoms with van der Waals surface area (Å²) in [4.78, 5) is 4.74. The minimum absolute atomic E-state index is 0.00147. The third kappa shape index (κ3) is 6.46. The molecule has 3 nitrogen and oxygen atoms in total. The molecule has 0 aliphatic heterocycles. The van der Waals surface area contributed by atoms with Crippen molar-refractivity contribution in [2.45, 2.75) is 45.6 Å². The third-order valence-electron chi connectivity index (χ3n) is 3.35. The van der Waals surface area contributed by atoms with E-state index in [2.05, 4.69) is 44.7 Å². The van der Waals surface area contributed by atoms with E-state index in [0.29, 0.717) is 0 Å². The fraction of sp³-hybridized carbons (Fsp3) is 1.00. The maximum absolute atomic E-state index is 6.38. The second kappa shape index (κ2) is 8.04. The van der Waals surface area contributed by atoms with Crippen LogP contribution in [0, 0.1) is 0 Å². The lowest BCUT2D eigenvalue weighted by molar-refractivity contribution is 0.184. The zero-order valence-corrected chi connectivity index (χ0v) is 11.9. The van der Waals surface area contributed by atoms with Gasteiger partial charge in [-0.25, -0.2) is 0 Å². The molecule has 0 fully saturated rings. The van der Waals surface area contributed by atoms with E-state index in [9.17, 15) is 0 Å². The Morgan fingerprint density at radius 3 is 1.88 bits per heavy atom. The van der Waals surface area contributed by atoms with E-state index < -0.39 is 0 Å². The zero-order chi connectivity index (χ0) is 12.6. The van der Waals surface area contributed by atoms with Crippen LogP contribution in [0.3, 0.4) is 0 Å². The van der Waals surface area contributed by atoms with Gasteiger partial charge < -0.3 is 15.5 Å². The summed E-state index contributed by atoms with van der Waals surface area (Å²) in [7, 11) is 4.25. The average molecular weight is 229 g/mol. The van der Waals surface area contributed by atoms with Gasteiger partial charge in [0.15, 0.2) is 0 Å². The van der Waals surface area contributed by atoms with Crippen LogP contribution in [-0.2, 0) is 0 Å². The number of nitrogens with zero attached hydrogens (tertiary/aromatic N) is 2. The van der Waals surface area contributed by atoms with Crippen molar-refractivity contribution in [3.63, 3.8) is 0 Å². The van der Waals surface area contributed by atoms with Crippen molar-refractivity contribution in [3.8, 4) is 0 Å². The molecule has 0 saturated heterocycles. The highest BCUT2D eigenvalue weighted by Gasteiger charge is 2.23. The fourth-order valence-electron chi connectivity index (χ4n) is 1.85. The summed E-state index contributed by atoms with van der Waals surface area (Å²) >= 11 is 0. The Kier molecular flexibility index (Phi) is 7.98. The third-order valence-corrected chi connectivity index (χ3v) is 3.35. The average Bonchev–Trinajstić information content (AvgIpc) is 2.26. The first-order valence-electron chi connectivity index (χ1n) is 6.63. The molecule has 98 valence electrons. The lowest BCUT2D eigenvalue weighted by Gasteiger charge is -2.34. The minimum atomic E-state index is 0.00147. The monoisotopic (exact) mass is 229 g/mol. The molecular formula is C13H31N3. The molecule has 0 bridgehead atoms. The molecule has 3 heteroatoms. The van der Waals surface area contributed by atoms with Crippen LogP contribution in [0.25, 0.3) is 0 Å². The normalized spacial score (nSPS) is 12.8. The number of likely N-dealkylation sites (N-methyl/N-ethyl adjacent to an activating group) is 1. The summed E-state index contributed by atoms with van der Waals surface area (Å²) in [5.41, 5.74) is 6.38. The van der Waals surface area contributed by atoms with Crippen molar-refractivity contribution in [3.05, 3.63) is 0 Å². The lowest BCUT2D eigenvalue weighted by Crippen LogP contribution is -2.50. The first kappa shape index (κ1) is 15.9. The topological polar surface area (TPSA) is 32.5 Å². The largest absolute Gasteiger partial charge is 0.324 e. The maximum atomic E-state index is 6.38. The van der Waals surface area contributed by atoms with Gasteiger partial charge in [0.25, 0.3) is 0 Å². The Balaban J connectivity index is 4.19. The van der Waals surface area contributed by atoms with Crippen molar-refractivity contribution in [2.75, 3.05) is 40.3 Å². The summed E-state index contributed by atoms with van der Waals surface area (Å²) in [6.07, 6.45) is 3.33. The summed E-state index contributed by atoms with van der Waals surface area (Å²) in [6.45, 7) is 11.1. The van der Waals surface area contributed by atoms with Gasteiger partial charge in [0.2, 0.25) is 0 Å². The second-order valence-corrected chi connectivity index (χ2v) is 5.15. The van der Waals surface area contributed by atoms with Gasteiger partial charge in [-0.1, -0.05) is 20.8 Å². The molecule has 0 aliphatic carbocycles. The van der Waals surface area contributed by atoms with E-state index in [-0.39, 0.29) is 5.54 Å². The van der Waals surface area contributed by atoms with Crippen LogP contribution in [0.15, 0.2) is 0 Å². The lowest BCUT2D eigenvalue weighted by atomic mass is 9.93. The molecule has 0 aromatic rings.